The molecule has 0 bridgehead atoms. The SMILES string of the molecule is COC(=O)C1CC2CC2CC1C(=O)C(Cl)c1ccc(Br)cc1. The Morgan fingerprint density at radius 1 is 1.14 bits per heavy atom. The van der Waals surface area contributed by atoms with E-state index in [9.17, 15) is 9.59 Å². The third kappa shape index (κ3) is 3.09. The number of carbonyl (C=O) groups excluding carboxylic acids is 2. The van der Waals surface area contributed by atoms with Crippen LogP contribution in [0.25, 0.3) is 0 Å². The molecule has 0 amide bonds. The van der Waals surface area contributed by atoms with Gasteiger partial charge in [-0.2, -0.15) is 0 Å². The molecule has 0 spiro atoms. The van der Waals surface area contributed by atoms with Crippen LogP contribution >= 0.6 is 27.5 Å². The molecular formula is C17H18BrClO3. The molecule has 2 aliphatic carbocycles. The number of halogens is 2. The summed E-state index contributed by atoms with van der Waals surface area (Å²) in [4.78, 5) is 24.9. The van der Waals surface area contributed by atoms with Gasteiger partial charge in [-0.25, -0.2) is 0 Å². The molecular weight excluding hydrogens is 368 g/mol. The molecule has 1 aromatic rings. The average molecular weight is 386 g/mol. The first-order chi connectivity index (χ1) is 10.5. The van der Waals surface area contributed by atoms with Gasteiger partial charge in [-0.3, -0.25) is 9.59 Å². The van der Waals surface area contributed by atoms with Crippen molar-refractivity contribution in [3.63, 3.8) is 0 Å². The molecule has 0 N–H and O–H groups in total. The Morgan fingerprint density at radius 3 is 2.32 bits per heavy atom. The highest BCUT2D eigenvalue weighted by molar-refractivity contribution is 9.10. The molecule has 2 fully saturated rings. The van der Waals surface area contributed by atoms with E-state index >= 15 is 0 Å². The van der Waals surface area contributed by atoms with Gasteiger partial charge in [0.15, 0.2) is 5.78 Å². The van der Waals surface area contributed by atoms with E-state index in [1.54, 1.807) is 0 Å². The number of esters is 1. The average Bonchev–Trinajstić information content (AvgIpc) is 3.30. The first-order valence-corrected chi connectivity index (χ1v) is 8.75. The van der Waals surface area contributed by atoms with Crippen LogP contribution in [0.15, 0.2) is 28.7 Å². The van der Waals surface area contributed by atoms with Gasteiger partial charge in [0.05, 0.1) is 13.0 Å². The topological polar surface area (TPSA) is 43.4 Å². The lowest BCUT2D eigenvalue weighted by Crippen LogP contribution is -2.36. The zero-order valence-electron chi connectivity index (χ0n) is 12.3. The van der Waals surface area contributed by atoms with Crippen molar-refractivity contribution in [1.29, 1.82) is 0 Å². The molecule has 2 aliphatic rings. The third-order valence-corrected chi connectivity index (χ3v) is 5.95. The van der Waals surface area contributed by atoms with Gasteiger partial charge in [0.1, 0.15) is 5.38 Å². The lowest BCUT2D eigenvalue weighted by molar-refractivity contribution is -0.151. The zero-order chi connectivity index (χ0) is 15.9. The van der Waals surface area contributed by atoms with Crippen LogP contribution in [0.2, 0.25) is 0 Å². The Kier molecular flexibility index (Phi) is 4.60. The van der Waals surface area contributed by atoms with E-state index in [0.29, 0.717) is 11.8 Å². The van der Waals surface area contributed by atoms with E-state index in [4.69, 9.17) is 16.3 Å². The standard InChI is InChI=1S/C17H18BrClO3/c1-22-17(21)14-8-11-6-10(11)7-13(14)16(20)15(19)9-2-4-12(18)5-3-9/h2-5,10-11,13-15H,6-8H2,1H3. The van der Waals surface area contributed by atoms with E-state index in [0.717, 1.165) is 29.3 Å². The van der Waals surface area contributed by atoms with Gasteiger partial charge in [-0.1, -0.05) is 28.1 Å². The Morgan fingerprint density at radius 2 is 1.73 bits per heavy atom. The van der Waals surface area contributed by atoms with Crippen LogP contribution in [0.4, 0.5) is 0 Å². The van der Waals surface area contributed by atoms with Crippen molar-refractivity contribution < 1.29 is 14.3 Å². The summed E-state index contributed by atoms with van der Waals surface area (Å²) in [5.41, 5.74) is 0.774. The summed E-state index contributed by atoms with van der Waals surface area (Å²) in [6, 6.07) is 7.42. The van der Waals surface area contributed by atoms with Gasteiger partial charge < -0.3 is 4.74 Å². The molecule has 0 aliphatic heterocycles. The van der Waals surface area contributed by atoms with Crippen molar-refractivity contribution in [3.05, 3.63) is 34.3 Å². The number of hydrogen-bond donors (Lipinski definition) is 0. The highest BCUT2D eigenvalue weighted by atomic mass is 79.9. The summed E-state index contributed by atoms with van der Waals surface area (Å²) in [6.07, 6.45) is 2.66. The van der Waals surface area contributed by atoms with Crippen molar-refractivity contribution in [2.45, 2.75) is 24.6 Å². The zero-order valence-corrected chi connectivity index (χ0v) is 14.6. The quantitative estimate of drug-likeness (QED) is 0.578. The first-order valence-electron chi connectivity index (χ1n) is 7.52. The Balaban J connectivity index is 1.79. The summed E-state index contributed by atoms with van der Waals surface area (Å²) < 4.78 is 5.84. The summed E-state index contributed by atoms with van der Waals surface area (Å²) in [6.45, 7) is 0. The molecule has 0 radical (unpaired) electrons. The number of fused-ring (bicyclic) bond motifs is 1. The molecule has 2 saturated carbocycles. The number of methoxy groups -OCH3 is 1. The normalized spacial score (nSPS) is 31.0. The molecule has 1 aromatic carbocycles. The van der Waals surface area contributed by atoms with Gasteiger partial charge in [0, 0.05) is 10.4 Å². The number of hydrogen-bond acceptors (Lipinski definition) is 3. The lowest BCUT2D eigenvalue weighted by atomic mass is 9.75. The van der Waals surface area contributed by atoms with Crippen molar-refractivity contribution in [2.24, 2.45) is 23.7 Å². The van der Waals surface area contributed by atoms with Crippen LogP contribution in [-0.2, 0) is 14.3 Å². The van der Waals surface area contributed by atoms with Crippen molar-refractivity contribution in [2.75, 3.05) is 7.11 Å². The van der Waals surface area contributed by atoms with E-state index in [2.05, 4.69) is 15.9 Å². The van der Waals surface area contributed by atoms with Gasteiger partial charge in [-0.15, -0.1) is 11.6 Å². The van der Waals surface area contributed by atoms with Crippen molar-refractivity contribution in [1.82, 2.24) is 0 Å². The summed E-state index contributed by atoms with van der Waals surface area (Å²) >= 11 is 9.77. The molecule has 3 rings (SSSR count). The Hall–Kier alpha value is -0.870. The minimum Gasteiger partial charge on any atom is -0.469 e. The van der Waals surface area contributed by atoms with Crippen molar-refractivity contribution >= 4 is 39.3 Å². The second-order valence-electron chi connectivity index (χ2n) is 6.28. The Labute approximate surface area is 143 Å². The third-order valence-electron chi connectivity index (χ3n) is 4.95. The fraction of sp³-hybridized carbons (Fsp3) is 0.529. The van der Waals surface area contributed by atoms with Crippen molar-refractivity contribution in [3.8, 4) is 0 Å². The maximum absolute atomic E-state index is 12.8. The predicted octanol–water partition coefficient (Wildman–Crippen LogP) is 4.13. The monoisotopic (exact) mass is 384 g/mol. The number of ether oxygens (including phenoxy) is 1. The second-order valence-corrected chi connectivity index (χ2v) is 7.63. The smallest absolute Gasteiger partial charge is 0.309 e. The van der Waals surface area contributed by atoms with Gasteiger partial charge >= 0.3 is 5.97 Å². The number of alkyl halides is 1. The second kappa shape index (κ2) is 6.32. The maximum atomic E-state index is 12.8. The maximum Gasteiger partial charge on any atom is 0.309 e. The summed E-state index contributed by atoms with van der Waals surface area (Å²) in [5, 5.41) is -0.708. The molecule has 22 heavy (non-hydrogen) atoms. The molecule has 5 heteroatoms. The largest absolute Gasteiger partial charge is 0.469 e. The van der Waals surface area contributed by atoms with Crippen LogP contribution in [0.1, 0.15) is 30.2 Å². The van der Waals surface area contributed by atoms with E-state index < -0.39 is 5.38 Å². The number of rotatable bonds is 4. The van der Waals surface area contributed by atoms with Gasteiger partial charge in [0.2, 0.25) is 0 Å². The van der Waals surface area contributed by atoms with E-state index in [1.165, 1.54) is 7.11 Å². The van der Waals surface area contributed by atoms with Crippen LogP contribution in [0.5, 0.6) is 0 Å². The number of ketones is 1. The van der Waals surface area contributed by atoms with Crippen LogP contribution < -0.4 is 0 Å². The van der Waals surface area contributed by atoms with Crippen LogP contribution in [0, 0.1) is 23.7 Å². The highest BCUT2D eigenvalue weighted by Crippen LogP contribution is 2.54. The lowest BCUT2D eigenvalue weighted by Gasteiger charge is -2.29. The number of benzene rings is 1. The van der Waals surface area contributed by atoms with Crippen LogP contribution in [-0.4, -0.2) is 18.9 Å². The molecule has 0 aromatic heterocycles. The fourth-order valence-electron chi connectivity index (χ4n) is 3.58. The van der Waals surface area contributed by atoms with E-state index in [1.807, 2.05) is 24.3 Å². The summed E-state index contributed by atoms with van der Waals surface area (Å²) in [7, 11) is 1.38. The molecule has 5 atom stereocenters. The molecule has 0 saturated heterocycles. The summed E-state index contributed by atoms with van der Waals surface area (Å²) in [5.74, 6) is 0.201. The fourth-order valence-corrected chi connectivity index (χ4v) is 4.15. The number of carbonyl (C=O) groups is 2. The van der Waals surface area contributed by atoms with Gasteiger partial charge in [-0.05, 0) is 48.8 Å². The predicted molar refractivity (Wildman–Crippen MR) is 87.6 cm³/mol. The molecule has 0 heterocycles. The first kappa shape index (κ1) is 16.0. The molecule has 3 nitrogen and oxygen atoms in total. The van der Waals surface area contributed by atoms with Crippen LogP contribution in [0.3, 0.4) is 0 Å². The Bertz CT molecular complexity index is 586. The number of Topliss-reactive ketones (excluding diaryl/α,β-unsaturated/α-hetero) is 1. The highest BCUT2D eigenvalue weighted by Gasteiger charge is 2.52. The van der Waals surface area contributed by atoms with Gasteiger partial charge in [0.25, 0.3) is 0 Å². The molecule has 118 valence electrons. The molecule has 5 unspecified atom stereocenters. The minimum atomic E-state index is -0.708. The van der Waals surface area contributed by atoms with E-state index in [-0.39, 0.29) is 23.6 Å². The minimum absolute atomic E-state index is 0.0512.